The Bertz CT molecular complexity index is 771. The van der Waals surface area contributed by atoms with Gasteiger partial charge in [0.1, 0.15) is 5.60 Å². The molecular weight excluding hydrogens is 384 g/mol. The van der Waals surface area contributed by atoms with E-state index in [1.807, 2.05) is 9.80 Å². The molecule has 4 rings (SSSR count). The summed E-state index contributed by atoms with van der Waals surface area (Å²) in [6.07, 6.45) is 6.72. The molecule has 0 bridgehead atoms. The Morgan fingerprint density at radius 1 is 1.27 bits per heavy atom. The number of ether oxygens (including phenoxy) is 1. The summed E-state index contributed by atoms with van der Waals surface area (Å²) in [5.41, 5.74) is 0.170. The second-order valence-corrected chi connectivity index (χ2v) is 9.23. The molecule has 9 heteroatoms. The minimum absolute atomic E-state index is 0.000714. The number of amides is 2. The summed E-state index contributed by atoms with van der Waals surface area (Å²) in [6, 6.07) is 0.643. The van der Waals surface area contributed by atoms with Crippen LogP contribution in [0.25, 0.3) is 0 Å². The molecule has 4 heterocycles. The number of nitrogens with zero attached hydrogens (tertiary/aromatic N) is 6. The highest BCUT2D eigenvalue weighted by atomic mass is 16.6. The van der Waals surface area contributed by atoms with E-state index in [1.54, 1.807) is 24.1 Å². The van der Waals surface area contributed by atoms with E-state index in [1.165, 1.54) is 6.42 Å². The van der Waals surface area contributed by atoms with Crippen LogP contribution in [0.4, 0.5) is 4.79 Å². The third kappa shape index (κ3) is 4.46. The fraction of sp³-hybridized carbons (Fsp3) is 0.762. The Balaban J connectivity index is 1.22. The van der Waals surface area contributed by atoms with Crippen molar-refractivity contribution in [3.05, 3.63) is 18.0 Å². The Morgan fingerprint density at radius 2 is 2.03 bits per heavy atom. The van der Waals surface area contributed by atoms with Crippen LogP contribution < -0.4 is 0 Å². The molecule has 0 N–H and O–H groups in total. The molecule has 1 unspecified atom stereocenters. The smallest absolute Gasteiger partial charge is 0.410 e. The van der Waals surface area contributed by atoms with Crippen LogP contribution in [0.2, 0.25) is 0 Å². The van der Waals surface area contributed by atoms with Crippen molar-refractivity contribution < 1.29 is 14.3 Å². The monoisotopic (exact) mass is 418 g/mol. The first-order chi connectivity index (χ1) is 14.3. The van der Waals surface area contributed by atoms with Gasteiger partial charge in [0.25, 0.3) is 5.91 Å². The van der Waals surface area contributed by atoms with E-state index in [4.69, 9.17) is 4.74 Å². The quantitative estimate of drug-likeness (QED) is 0.683. The lowest BCUT2D eigenvalue weighted by atomic mass is 9.91. The summed E-state index contributed by atoms with van der Waals surface area (Å²) < 4.78 is 7.46. The number of carbonyl (C=O) groups is 2. The molecular formula is C21H34N6O3. The first-order valence-corrected chi connectivity index (χ1v) is 11.0. The van der Waals surface area contributed by atoms with Gasteiger partial charge in [0, 0.05) is 58.3 Å². The second-order valence-electron chi connectivity index (χ2n) is 9.23. The molecule has 3 fully saturated rings. The molecule has 3 aliphatic heterocycles. The van der Waals surface area contributed by atoms with Gasteiger partial charge in [-0.1, -0.05) is 0 Å². The topological polar surface area (TPSA) is 74.2 Å². The molecule has 0 radical (unpaired) electrons. The predicted octanol–water partition coefficient (Wildman–Crippen LogP) is 0.873. The summed E-state index contributed by atoms with van der Waals surface area (Å²) in [4.78, 5) is 33.6. The van der Waals surface area contributed by atoms with Gasteiger partial charge in [0.2, 0.25) is 0 Å². The fourth-order valence-electron chi connectivity index (χ4n) is 4.88. The third-order valence-corrected chi connectivity index (χ3v) is 6.83. The molecule has 9 nitrogen and oxygen atoms in total. The van der Waals surface area contributed by atoms with Gasteiger partial charge < -0.3 is 24.3 Å². The fourth-order valence-corrected chi connectivity index (χ4v) is 4.88. The van der Waals surface area contributed by atoms with Crippen molar-refractivity contribution in [1.29, 1.82) is 0 Å². The van der Waals surface area contributed by atoms with E-state index in [-0.39, 0.29) is 12.0 Å². The van der Waals surface area contributed by atoms with Gasteiger partial charge >= 0.3 is 6.09 Å². The molecule has 3 saturated heterocycles. The number of aromatic nitrogens is 2. The number of likely N-dealkylation sites (tertiary alicyclic amines) is 2. The van der Waals surface area contributed by atoms with Crippen LogP contribution in [-0.2, 0) is 11.8 Å². The number of aryl methyl sites for hydroxylation is 1. The van der Waals surface area contributed by atoms with Crippen molar-refractivity contribution in [3.8, 4) is 0 Å². The molecule has 1 aromatic rings. The van der Waals surface area contributed by atoms with Crippen molar-refractivity contribution in [3.63, 3.8) is 0 Å². The lowest BCUT2D eigenvalue weighted by Gasteiger charge is -2.37. The SMILES string of the molecule is CN(C)C1CCN(CCCN2CC3(CCN(C(=O)c4cnn(C)c4)CC3)OC2=O)C1. The minimum atomic E-state index is -0.438. The normalized spacial score (nSPS) is 24.3. The van der Waals surface area contributed by atoms with E-state index < -0.39 is 5.60 Å². The number of hydrogen-bond acceptors (Lipinski definition) is 6. The Morgan fingerprint density at radius 3 is 2.67 bits per heavy atom. The van der Waals surface area contributed by atoms with Crippen molar-refractivity contribution >= 4 is 12.0 Å². The summed E-state index contributed by atoms with van der Waals surface area (Å²) in [5.74, 6) is 0.000714. The van der Waals surface area contributed by atoms with Crippen molar-refractivity contribution in [2.24, 2.45) is 7.05 Å². The zero-order valence-corrected chi connectivity index (χ0v) is 18.4. The van der Waals surface area contributed by atoms with Crippen molar-refractivity contribution in [2.45, 2.75) is 37.3 Å². The predicted molar refractivity (Wildman–Crippen MR) is 112 cm³/mol. The largest absolute Gasteiger partial charge is 0.441 e. The van der Waals surface area contributed by atoms with Gasteiger partial charge in [-0.2, -0.15) is 5.10 Å². The Hall–Kier alpha value is -2.13. The maximum absolute atomic E-state index is 12.6. The molecule has 2 amide bonds. The van der Waals surface area contributed by atoms with Crippen LogP contribution in [0.15, 0.2) is 12.4 Å². The van der Waals surface area contributed by atoms with Crippen LogP contribution in [0.1, 0.15) is 36.0 Å². The van der Waals surface area contributed by atoms with Gasteiger partial charge in [-0.05, 0) is 40.0 Å². The molecule has 166 valence electrons. The van der Waals surface area contributed by atoms with Crippen LogP contribution >= 0.6 is 0 Å². The molecule has 0 aromatic carbocycles. The van der Waals surface area contributed by atoms with Gasteiger partial charge in [-0.3, -0.25) is 9.48 Å². The minimum Gasteiger partial charge on any atom is -0.441 e. The molecule has 0 aliphatic carbocycles. The second kappa shape index (κ2) is 8.55. The summed E-state index contributed by atoms with van der Waals surface area (Å²) >= 11 is 0. The molecule has 1 spiro atoms. The van der Waals surface area contributed by atoms with E-state index >= 15 is 0 Å². The van der Waals surface area contributed by atoms with E-state index in [9.17, 15) is 9.59 Å². The third-order valence-electron chi connectivity index (χ3n) is 6.83. The maximum atomic E-state index is 12.6. The number of carbonyl (C=O) groups excluding carboxylic acids is 2. The maximum Gasteiger partial charge on any atom is 0.410 e. The molecule has 1 atom stereocenters. The highest BCUT2D eigenvalue weighted by Crippen LogP contribution is 2.33. The number of likely N-dealkylation sites (N-methyl/N-ethyl adjacent to an activating group) is 1. The van der Waals surface area contributed by atoms with Crippen molar-refractivity contribution in [2.75, 3.05) is 59.9 Å². The van der Waals surface area contributed by atoms with Gasteiger partial charge in [0.15, 0.2) is 0 Å². The highest BCUT2D eigenvalue weighted by molar-refractivity contribution is 5.93. The zero-order chi connectivity index (χ0) is 21.3. The first kappa shape index (κ1) is 21.1. The summed E-state index contributed by atoms with van der Waals surface area (Å²) in [5, 5.41) is 4.08. The lowest BCUT2D eigenvalue weighted by molar-refractivity contribution is 0.00313. The van der Waals surface area contributed by atoms with Crippen LogP contribution in [-0.4, -0.2) is 113 Å². The van der Waals surface area contributed by atoms with Crippen molar-refractivity contribution in [1.82, 2.24) is 29.4 Å². The number of hydrogen-bond donors (Lipinski definition) is 0. The number of piperidine rings is 1. The van der Waals surface area contributed by atoms with Crippen LogP contribution in [0.5, 0.6) is 0 Å². The molecule has 3 aliphatic rings. The summed E-state index contributed by atoms with van der Waals surface area (Å²) in [6.45, 7) is 5.86. The average Bonchev–Trinajstić information content (AvgIpc) is 3.42. The Labute approximate surface area is 178 Å². The standard InChI is InChI=1S/C21H34N6O3/c1-23(2)18-5-10-25(15-18)8-4-9-27-16-21(30-20(27)29)6-11-26(12-7-21)19(28)17-13-22-24(3)14-17/h13-14,18H,4-12,15-16H2,1-3H3. The van der Waals surface area contributed by atoms with E-state index in [2.05, 4.69) is 29.0 Å². The van der Waals surface area contributed by atoms with Crippen LogP contribution in [0.3, 0.4) is 0 Å². The van der Waals surface area contributed by atoms with Crippen LogP contribution in [0, 0.1) is 0 Å². The number of rotatable bonds is 6. The molecule has 30 heavy (non-hydrogen) atoms. The first-order valence-electron chi connectivity index (χ1n) is 11.0. The Kier molecular flexibility index (Phi) is 6.02. The zero-order valence-electron chi connectivity index (χ0n) is 18.4. The molecule has 0 saturated carbocycles. The van der Waals surface area contributed by atoms with E-state index in [0.717, 1.165) is 32.6 Å². The van der Waals surface area contributed by atoms with E-state index in [0.29, 0.717) is 44.1 Å². The lowest BCUT2D eigenvalue weighted by Crippen LogP contribution is -2.48. The van der Waals surface area contributed by atoms with Gasteiger partial charge in [-0.25, -0.2) is 4.79 Å². The van der Waals surface area contributed by atoms with Gasteiger partial charge in [0.05, 0.1) is 18.3 Å². The average molecular weight is 419 g/mol. The highest BCUT2D eigenvalue weighted by Gasteiger charge is 2.47. The van der Waals surface area contributed by atoms with Gasteiger partial charge in [-0.15, -0.1) is 0 Å². The summed E-state index contributed by atoms with van der Waals surface area (Å²) in [7, 11) is 6.09. The molecule has 1 aromatic heterocycles.